The van der Waals surface area contributed by atoms with Gasteiger partial charge in [-0.05, 0) is 56.4 Å². The molecule has 2 saturated heterocycles. The number of rotatable bonds is 8. The number of hydrogen-bond acceptors (Lipinski definition) is 3. The highest BCUT2D eigenvalue weighted by Gasteiger charge is 2.35. The fourth-order valence-corrected chi connectivity index (χ4v) is 5.95. The summed E-state index contributed by atoms with van der Waals surface area (Å²) in [7, 11) is 0. The van der Waals surface area contributed by atoms with E-state index in [-0.39, 0.29) is 24.1 Å². The van der Waals surface area contributed by atoms with E-state index in [1.54, 1.807) is 0 Å². The van der Waals surface area contributed by atoms with Gasteiger partial charge in [-0.15, -0.1) is 0 Å². The number of carbonyl (C=O) groups is 3. The Hall–Kier alpha value is -2.37. The summed E-state index contributed by atoms with van der Waals surface area (Å²) >= 11 is 0. The third-order valence-electron chi connectivity index (χ3n) is 7.69. The van der Waals surface area contributed by atoms with E-state index in [2.05, 4.69) is 10.2 Å². The molecule has 3 fully saturated rings. The molecule has 1 N–H and O–H groups in total. The van der Waals surface area contributed by atoms with E-state index in [0.717, 1.165) is 50.9 Å². The maximum atomic E-state index is 13.1. The molecule has 6 nitrogen and oxygen atoms in total. The molecular formula is C27H39N3O3. The van der Waals surface area contributed by atoms with Crippen molar-refractivity contribution < 1.29 is 14.4 Å². The highest BCUT2D eigenvalue weighted by Crippen LogP contribution is 2.35. The van der Waals surface area contributed by atoms with Gasteiger partial charge in [-0.25, -0.2) is 0 Å². The van der Waals surface area contributed by atoms with Crippen molar-refractivity contribution in [1.82, 2.24) is 15.1 Å². The van der Waals surface area contributed by atoms with Crippen LogP contribution in [-0.4, -0.2) is 59.2 Å². The van der Waals surface area contributed by atoms with Crippen LogP contribution in [0.4, 0.5) is 0 Å². The van der Waals surface area contributed by atoms with E-state index in [9.17, 15) is 14.4 Å². The van der Waals surface area contributed by atoms with E-state index >= 15 is 0 Å². The normalized spacial score (nSPS) is 23.6. The van der Waals surface area contributed by atoms with Gasteiger partial charge in [0.05, 0.1) is 0 Å². The van der Waals surface area contributed by atoms with E-state index in [0.29, 0.717) is 31.2 Å². The zero-order valence-corrected chi connectivity index (χ0v) is 19.8. The number of nitrogens with one attached hydrogen (secondary N) is 1. The molecule has 3 aliphatic rings. The number of amides is 3. The summed E-state index contributed by atoms with van der Waals surface area (Å²) in [6, 6.07) is 9.73. The number of benzene rings is 1. The topological polar surface area (TPSA) is 69.7 Å². The maximum absolute atomic E-state index is 13.1. The molecule has 3 amide bonds. The average molecular weight is 454 g/mol. The number of carbonyl (C=O) groups excluding carboxylic acids is 3. The van der Waals surface area contributed by atoms with Crippen LogP contribution in [0.3, 0.4) is 0 Å². The minimum Gasteiger partial charge on any atom is -0.344 e. The van der Waals surface area contributed by atoms with Crippen LogP contribution < -0.4 is 5.32 Å². The Morgan fingerprint density at radius 1 is 0.879 bits per heavy atom. The van der Waals surface area contributed by atoms with Gasteiger partial charge >= 0.3 is 0 Å². The van der Waals surface area contributed by atoms with Gasteiger partial charge in [0.1, 0.15) is 6.04 Å². The Bertz CT molecular complexity index is 804. The minimum absolute atomic E-state index is 0.0115. The molecule has 1 aromatic carbocycles. The van der Waals surface area contributed by atoms with Crippen LogP contribution in [-0.2, 0) is 20.8 Å². The van der Waals surface area contributed by atoms with Crippen LogP contribution in [0.2, 0.25) is 0 Å². The average Bonchev–Trinajstić information content (AvgIpc) is 3.38. The summed E-state index contributed by atoms with van der Waals surface area (Å²) in [4.78, 5) is 42.7. The van der Waals surface area contributed by atoms with Gasteiger partial charge in [-0.3, -0.25) is 14.4 Å². The Morgan fingerprint density at radius 2 is 1.61 bits per heavy atom. The summed E-state index contributed by atoms with van der Waals surface area (Å²) < 4.78 is 0. The minimum atomic E-state index is -0.543. The van der Waals surface area contributed by atoms with E-state index in [1.165, 1.54) is 25.7 Å². The van der Waals surface area contributed by atoms with Crippen molar-refractivity contribution >= 4 is 17.7 Å². The van der Waals surface area contributed by atoms with Gasteiger partial charge in [-0.2, -0.15) is 0 Å². The maximum Gasteiger partial charge on any atom is 0.245 e. The summed E-state index contributed by atoms with van der Waals surface area (Å²) in [5.41, 5.74) is 1.04. The molecule has 0 radical (unpaired) electrons. The molecule has 2 heterocycles. The Morgan fingerprint density at radius 3 is 2.39 bits per heavy atom. The highest BCUT2D eigenvalue weighted by atomic mass is 16.2. The monoisotopic (exact) mass is 453 g/mol. The second-order valence-electron chi connectivity index (χ2n) is 10.0. The van der Waals surface area contributed by atoms with E-state index in [1.807, 2.05) is 35.2 Å². The molecule has 33 heavy (non-hydrogen) atoms. The SMILES string of the molecule is O=C(CCCC(=O)N1CCCC2CCCCC21)N[C@@H](Cc1ccccc1)C(=O)N1CCCC1. The van der Waals surface area contributed by atoms with Gasteiger partial charge < -0.3 is 15.1 Å². The van der Waals surface area contributed by atoms with E-state index < -0.39 is 6.04 Å². The summed E-state index contributed by atoms with van der Waals surface area (Å²) in [6.07, 6.45) is 11.1. The number of fused-ring (bicyclic) bond motifs is 1. The van der Waals surface area contributed by atoms with Crippen molar-refractivity contribution in [2.75, 3.05) is 19.6 Å². The van der Waals surface area contributed by atoms with Crippen molar-refractivity contribution in [1.29, 1.82) is 0 Å². The molecule has 0 spiro atoms. The molecule has 3 atom stereocenters. The standard InChI is InChI=1S/C27H39N3O3/c31-25(15-8-16-26(32)30-19-9-13-22-12-4-5-14-24(22)30)28-23(20-21-10-2-1-3-11-21)27(33)29-17-6-7-18-29/h1-3,10-11,22-24H,4-9,12-20H2,(H,28,31)/t22?,23-,24?/m0/s1. The number of likely N-dealkylation sites (tertiary alicyclic amines) is 2. The number of nitrogens with zero attached hydrogens (tertiary/aromatic N) is 2. The van der Waals surface area contributed by atoms with Crippen LogP contribution in [0, 0.1) is 5.92 Å². The quantitative estimate of drug-likeness (QED) is 0.653. The Kier molecular flexibility index (Phi) is 8.40. The second kappa shape index (κ2) is 11.7. The fourth-order valence-electron chi connectivity index (χ4n) is 5.95. The second-order valence-corrected chi connectivity index (χ2v) is 10.0. The van der Waals surface area contributed by atoms with Crippen LogP contribution in [0.25, 0.3) is 0 Å². The van der Waals surface area contributed by atoms with Crippen LogP contribution in [0.1, 0.15) is 76.2 Å². The third-order valence-corrected chi connectivity index (χ3v) is 7.69. The highest BCUT2D eigenvalue weighted by molar-refractivity contribution is 5.88. The number of hydrogen-bond donors (Lipinski definition) is 1. The molecule has 2 aliphatic heterocycles. The number of piperidine rings is 1. The lowest BCUT2D eigenvalue weighted by molar-refractivity contribution is -0.138. The third kappa shape index (κ3) is 6.36. The molecule has 1 saturated carbocycles. The lowest BCUT2D eigenvalue weighted by Gasteiger charge is -2.44. The first-order valence-electron chi connectivity index (χ1n) is 13.0. The van der Waals surface area contributed by atoms with Crippen molar-refractivity contribution in [3.8, 4) is 0 Å². The first-order chi connectivity index (χ1) is 16.1. The molecular weight excluding hydrogens is 414 g/mol. The summed E-state index contributed by atoms with van der Waals surface area (Å²) in [6.45, 7) is 2.41. The van der Waals surface area contributed by atoms with E-state index in [4.69, 9.17) is 0 Å². The van der Waals surface area contributed by atoms with Gasteiger partial charge in [0.2, 0.25) is 17.7 Å². The van der Waals surface area contributed by atoms with Crippen LogP contribution >= 0.6 is 0 Å². The van der Waals surface area contributed by atoms with Crippen LogP contribution in [0.15, 0.2) is 30.3 Å². The molecule has 4 rings (SSSR count). The predicted molar refractivity (Wildman–Crippen MR) is 128 cm³/mol. The molecule has 180 valence electrons. The predicted octanol–water partition coefficient (Wildman–Crippen LogP) is 3.69. The largest absolute Gasteiger partial charge is 0.344 e. The smallest absolute Gasteiger partial charge is 0.245 e. The van der Waals surface area contributed by atoms with Crippen LogP contribution in [0.5, 0.6) is 0 Å². The molecule has 2 unspecified atom stereocenters. The Labute approximate surface area is 198 Å². The molecule has 0 aromatic heterocycles. The lowest BCUT2D eigenvalue weighted by Crippen LogP contribution is -2.50. The summed E-state index contributed by atoms with van der Waals surface area (Å²) in [5, 5.41) is 2.99. The summed E-state index contributed by atoms with van der Waals surface area (Å²) in [5.74, 6) is 0.756. The van der Waals surface area contributed by atoms with Gasteiger partial charge in [0.25, 0.3) is 0 Å². The first-order valence-corrected chi connectivity index (χ1v) is 13.0. The molecule has 1 aliphatic carbocycles. The van der Waals surface area contributed by atoms with Gasteiger partial charge in [0, 0.05) is 44.9 Å². The Balaban J connectivity index is 1.27. The first kappa shape index (κ1) is 23.8. The van der Waals surface area contributed by atoms with Crippen molar-refractivity contribution in [2.45, 2.75) is 89.1 Å². The fraction of sp³-hybridized carbons (Fsp3) is 0.667. The van der Waals surface area contributed by atoms with Crippen molar-refractivity contribution in [3.63, 3.8) is 0 Å². The molecule has 6 heteroatoms. The zero-order valence-electron chi connectivity index (χ0n) is 19.8. The van der Waals surface area contributed by atoms with Gasteiger partial charge in [0.15, 0.2) is 0 Å². The van der Waals surface area contributed by atoms with Crippen molar-refractivity contribution in [2.24, 2.45) is 5.92 Å². The molecule has 0 bridgehead atoms. The lowest BCUT2D eigenvalue weighted by atomic mass is 9.78. The van der Waals surface area contributed by atoms with Crippen molar-refractivity contribution in [3.05, 3.63) is 35.9 Å². The zero-order chi connectivity index (χ0) is 23.0. The molecule has 1 aromatic rings. The van der Waals surface area contributed by atoms with Gasteiger partial charge in [-0.1, -0.05) is 43.2 Å².